The van der Waals surface area contributed by atoms with E-state index in [9.17, 15) is 15.0 Å². The quantitative estimate of drug-likeness (QED) is 0.368. The number of aliphatic carboxylic acids is 1. The van der Waals surface area contributed by atoms with Gasteiger partial charge in [0.1, 0.15) is 0 Å². The van der Waals surface area contributed by atoms with Crippen LogP contribution in [0.15, 0.2) is 0 Å². The summed E-state index contributed by atoms with van der Waals surface area (Å²) in [5, 5.41) is 19.9. The van der Waals surface area contributed by atoms with E-state index in [1.54, 1.807) is 0 Å². The van der Waals surface area contributed by atoms with Crippen molar-refractivity contribution in [3.63, 3.8) is 0 Å². The molecule has 0 aromatic carbocycles. The molecular formula is C16H31KO3. The van der Waals surface area contributed by atoms with Gasteiger partial charge >= 0.3 is 51.4 Å². The molecule has 0 aromatic rings. The van der Waals surface area contributed by atoms with Crippen molar-refractivity contribution >= 4 is 5.97 Å². The first-order valence-corrected chi connectivity index (χ1v) is 8.04. The summed E-state index contributed by atoms with van der Waals surface area (Å²) in [5.41, 5.74) is 0. The molecule has 0 radical (unpaired) electrons. The molecule has 1 unspecified atom stereocenters. The molecule has 20 heavy (non-hydrogen) atoms. The number of hydrogen-bond donors (Lipinski definition) is 1. The van der Waals surface area contributed by atoms with Crippen molar-refractivity contribution in [2.45, 2.75) is 96.5 Å². The molecule has 0 rings (SSSR count). The molecule has 0 aliphatic rings. The Morgan fingerprint density at radius 1 is 0.900 bits per heavy atom. The number of carboxylic acid groups (broad SMARTS) is 1. The molecule has 0 spiro atoms. The molecule has 0 heterocycles. The summed E-state index contributed by atoms with van der Waals surface area (Å²) in [6.07, 6.45) is 13.2. The molecule has 0 aliphatic carbocycles. The van der Waals surface area contributed by atoms with Crippen molar-refractivity contribution in [2.24, 2.45) is 0 Å². The molecule has 0 amide bonds. The zero-order valence-corrected chi connectivity index (χ0v) is 16.7. The number of aliphatic hydroxyl groups is 1. The Morgan fingerprint density at radius 2 is 1.35 bits per heavy atom. The average Bonchev–Trinajstić information content (AvgIpc) is 2.36. The third-order valence-corrected chi connectivity index (χ3v) is 3.56. The largest absolute Gasteiger partial charge is 1.00 e. The van der Waals surface area contributed by atoms with Crippen LogP contribution in [0.5, 0.6) is 0 Å². The van der Waals surface area contributed by atoms with E-state index in [4.69, 9.17) is 0 Å². The first-order chi connectivity index (χ1) is 9.16. The van der Waals surface area contributed by atoms with Gasteiger partial charge in [-0.05, 0) is 25.7 Å². The fourth-order valence-electron chi connectivity index (χ4n) is 2.32. The molecular weight excluding hydrogens is 279 g/mol. The molecule has 1 N–H and O–H groups in total. The summed E-state index contributed by atoms with van der Waals surface area (Å²) >= 11 is 0. The fraction of sp³-hybridized carbons (Fsp3) is 0.938. The topological polar surface area (TPSA) is 60.4 Å². The number of carbonyl (C=O) groups is 1. The van der Waals surface area contributed by atoms with Crippen LogP contribution in [0.3, 0.4) is 0 Å². The third-order valence-electron chi connectivity index (χ3n) is 3.56. The Morgan fingerprint density at radius 3 is 1.85 bits per heavy atom. The fourth-order valence-corrected chi connectivity index (χ4v) is 2.32. The van der Waals surface area contributed by atoms with E-state index < -0.39 is 5.97 Å². The van der Waals surface area contributed by atoms with Crippen molar-refractivity contribution in [1.29, 1.82) is 0 Å². The van der Waals surface area contributed by atoms with Gasteiger partial charge in [0, 0.05) is 5.97 Å². The van der Waals surface area contributed by atoms with E-state index in [0.29, 0.717) is 12.8 Å². The summed E-state index contributed by atoms with van der Waals surface area (Å²) < 4.78 is 0. The molecule has 0 bridgehead atoms. The maximum absolute atomic E-state index is 10.2. The molecule has 0 aromatic heterocycles. The Bertz CT molecular complexity index is 210. The van der Waals surface area contributed by atoms with Crippen molar-refractivity contribution in [2.75, 3.05) is 0 Å². The molecule has 0 saturated heterocycles. The van der Waals surface area contributed by atoms with Gasteiger partial charge in [0.15, 0.2) is 0 Å². The smallest absolute Gasteiger partial charge is 0.550 e. The van der Waals surface area contributed by atoms with Gasteiger partial charge in [0.2, 0.25) is 0 Å². The van der Waals surface area contributed by atoms with Crippen LogP contribution in [0.1, 0.15) is 90.4 Å². The standard InChI is InChI=1S/C16H32O3.K/c1-2-3-4-5-6-7-8-9-10-12-15(17)13-11-14-16(18)19;/h15,17H,2-14H2,1H3,(H,18,19);/q;+1/p-1. The summed E-state index contributed by atoms with van der Waals surface area (Å²) in [6, 6.07) is 0. The maximum atomic E-state index is 10.2. The number of aliphatic hydroxyl groups excluding tert-OH is 1. The van der Waals surface area contributed by atoms with Gasteiger partial charge in [-0.15, -0.1) is 0 Å². The second-order valence-electron chi connectivity index (χ2n) is 5.54. The van der Waals surface area contributed by atoms with Crippen LogP contribution < -0.4 is 56.5 Å². The van der Waals surface area contributed by atoms with Crippen LogP contribution in [0.25, 0.3) is 0 Å². The molecule has 0 saturated carbocycles. The number of rotatable bonds is 14. The molecule has 114 valence electrons. The van der Waals surface area contributed by atoms with Gasteiger partial charge in [-0.25, -0.2) is 0 Å². The van der Waals surface area contributed by atoms with E-state index in [-0.39, 0.29) is 63.9 Å². The predicted octanol–water partition coefficient (Wildman–Crippen LogP) is 0.192. The SMILES string of the molecule is CCCCCCCCCCCC(O)CCCC(=O)[O-].[K+]. The summed E-state index contributed by atoms with van der Waals surface area (Å²) in [5.74, 6) is -1.02. The van der Waals surface area contributed by atoms with E-state index in [0.717, 1.165) is 12.8 Å². The van der Waals surface area contributed by atoms with Crippen LogP contribution in [0.4, 0.5) is 0 Å². The van der Waals surface area contributed by atoms with Gasteiger partial charge in [-0.3, -0.25) is 0 Å². The van der Waals surface area contributed by atoms with Gasteiger partial charge in [0.25, 0.3) is 0 Å². The summed E-state index contributed by atoms with van der Waals surface area (Å²) in [6.45, 7) is 2.23. The minimum Gasteiger partial charge on any atom is -0.550 e. The zero-order chi connectivity index (χ0) is 14.3. The minimum atomic E-state index is -1.02. The van der Waals surface area contributed by atoms with E-state index in [1.807, 2.05) is 0 Å². The van der Waals surface area contributed by atoms with Gasteiger partial charge in [0.05, 0.1) is 6.10 Å². The molecule has 3 nitrogen and oxygen atoms in total. The van der Waals surface area contributed by atoms with Crippen molar-refractivity contribution in [3.8, 4) is 0 Å². The van der Waals surface area contributed by atoms with Crippen molar-refractivity contribution < 1.29 is 66.4 Å². The molecule has 0 fully saturated rings. The van der Waals surface area contributed by atoms with Crippen LogP contribution in [-0.2, 0) is 4.79 Å². The number of carboxylic acids is 1. The molecule has 4 heteroatoms. The van der Waals surface area contributed by atoms with Crippen LogP contribution >= 0.6 is 0 Å². The maximum Gasteiger partial charge on any atom is 1.00 e. The van der Waals surface area contributed by atoms with Crippen LogP contribution in [0.2, 0.25) is 0 Å². The van der Waals surface area contributed by atoms with E-state index in [2.05, 4.69) is 6.92 Å². The number of unbranched alkanes of at least 4 members (excludes halogenated alkanes) is 8. The van der Waals surface area contributed by atoms with Crippen LogP contribution in [0, 0.1) is 0 Å². The van der Waals surface area contributed by atoms with Crippen molar-refractivity contribution in [3.05, 3.63) is 0 Å². The summed E-state index contributed by atoms with van der Waals surface area (Å²) in [4.78, 5) is 10.2. The minimum absolute atomic E-state index is 0. The monoisotopic (exact) mass is 310 g/mol. The predicted molar refractivity (Wildman–Crippen MR) is 76.7 cm³/mol. The number of carbonyl (C=O) groups excluding carboxylic acids is 1. The Labute approximate surface area is 167 Å². The van der Waals surface area contributed by atoms with Crippen molar-refractivity contribution in [1.82, 2.24) is 0 Å². The molecule has 1 atom stereocenters. The van der Waals surface area contributed by atoms with Gasteiger partial charge in [-0.2, -0.15) is 0 Å². The van der Waals surface area contributed by atoms with Gasteiger partial charge in [-0.1, -0.05) is 64.7 Å². The summed E-state index contributed by atoms with van der Waals surface area (Å²) in [7, 11) is 0. The Kier molecular flexibility index (Phi) is 21.1. The van der Waals surface area contributed by atoms with E-state index in [1.165, 1.54) is 51.4 Å². The van der Waals surface area contributed by atoms with E-state index >= 15 is 0 Å². The first-order valence-electron chi connectivity index (χ1n) is 8.04. The first kappa shape index (κ1) is 23.3. The van der Waals surface area contributed by atoms with Gasteiger partial charge < -0.3 is 15.0 Å². The van der Waals surface area contributed by atoms with Crippen LogP contribution in [-0.4, -0.2) is 17.2 Å². The second kappa shape index (κ2) is 18.1. The Hall–Kier alpha value is 1.07. The second-order valence-corrected chi connectivity index (χ2v) is 5.54. The zero-order valence-electron chi connectivity index (χ0n) is 13.5. The number of hydrogen-bond acceptors (Lipinski definition) is 3. The third kappa shape index (κ3) is 19.1. The average molecular weight is 311 g/mol. The Balaban J connectivity index is 0. The normalized spacial score (nSPS) is 11.9. The molecule has 0 aliphatic heterocycles.